The Bertz CT molecular complexity index is 607. The molecule has 0 unspecified atom stereocenters. The molecule has 0 saturated carbocycles. The minimum Gasteiger partial charge on any atom is -0.368 e. The third-order valence-electron chi connectivity index (χ3n) is 2.60. The van der Waals surface area contributed by atoms with Crippen molar-refractivity contribution in [3.63, 3.8) is 0 Å². The molecule has 0 aromatic carbocycles. The number of carbonyl (C=O) groups is 1. The van der Waals surface area contributed by atoms with E-state index in [-0.39, 0.29) is 5.95 Å². The molecule has 0 atom stereocenters. The van der Waals surface area contributed by atoms with Crippen LogP contribution in [0.1, 0.15) is 13.8 Å². The summed E-state index contributed by atoms with van der Waals surface area (Å²) in [4.78, 5) is 23.9. The van der Waals surface area contributed by atoms with Crippen molar-refractivity contribution in [3.05, 3.63) is 18.5 Å². The van der Waals surface area contributed by atoms with E-state index in [1.807, 2.05) is 0 Å². The first-order valence-electron chi connectivity index (χ1n) is 5.94. The summed E-state index contributed by atoms with van der Waals surface area (Å²) in [7, 11) is 1.69. The molecule has 0 aliphatic carbocycles. The van der Waals surface area contributed by atoms with Gasteiger partial charge in [-0.2, -0.15) is 20.1 Å². The lowest BCUT2D eigenvalue weighted by atomic mass is 10.1. The molecule has 4 N–H and O–H groups in total. The van der Waals surface area contributed by atoms with E-state index in [0.717, 1.165) is 0 Å². The number of aromatic nitrogens is 5. The fourth-order valence-corrected chi connectivity index (χ4v) is 1.36. The lowest BCUT2D eigenvalue weighted by Crippen LogP contribution is -2.45. The maximum atomic E-state index is 11.3. The van der Waals surface area contributed by atoms with E-state index in [4.69, 9.17) is 5.73 Å². The Kier molecular flexibility index (Phi) is 3.51. The van der Waals surface area contributed by atoms with Crippen molar-refractivity contribution < 1.29 is 4.79 Å². The molecule has 2 aromatic rings. The van der Waals surface area contributed by atoms with Crippen LogP contribution in [0, 0.1) is 0 Å². The lowest BCUT2D eigenvalue weighted by molar-refractivity contribution is -0.121. The van der Waals surface area contributed by atoms with Crippen molar-refractivity contribution in [2.45, 2.75) is 19.4 Å². The molecule has 0 fully saturated rings. The predicted molar refractivity (Wildman–Crippen MR) is 73.4 cm³/mol. The van der Waals surface area contributed by atoms with Crippen LogP contribution >= 0.6 is 0 Å². The van der Waals surface area contributed by atoms with Crippen molar-refractivity contribution in [2.75, 3.05) is 17.7 Å². The van der Waals surface area contributed by atoms with Gasteiger partial charge in [-0.05, 0) is 19.9 Å². The molecule has 20 heavy (non-hydrogen) atoms. The number of nitrogens with one attached hydrogen (secondary N) is 2. The van der Waals surface area contributed by atoms with Gasteiger partial charge in [0.25, 0.3) is 5.95 Å². The Balaban J connectivity index is 2.39. The molecule has 2 heterocycles. The Morgan fingerprint density at radius 1 is 1.30 bits per heavy atom. The van der Waals surface area contributed by atoms with Crippen molar-refractivity contribution in [1.82, 2.24) is 24.7 Å². The zero-order valence-electron chi connectivity index (χ0n) is 11.5. The third kappa shape index (κ3) is 2.82. The first kappa shape index (κ1) is 13.7. The predicted octanol–water partition coefficient (Wildman–Crippen LogP) is -0.225. The summed E-state index contributed by atoms with van der Waals surface area (Å²) in [6, 6.07) is 1.75. The average molecular weight is 276 g/mol. The first-order valence-corrected chi connectivity index (χ1v) is 5.94. The van der Waals surface area contributed by atoms with Crippen LogP contribution in [0.25, 0.3) is 5.95 Å². The fourth-order valence-electron chi connectivity index (χ4n) is 1.36. The summed E-state index contributed by atoms with van der Waals surface area (Å²) >= 11 is 0. The number of anilines is 2. The monoisotopic (exact) mass is 276 g/mol. The molecular formula is C11H16N8O. The van der Waals surface area contributed by atoms with Gasteiger partial charge in [0.1, 0.15) is 5.54 Å². The molecule has 0 bridgehead atoms. The Morgan fingerprint density at radius 3 is 2.55 bits per heavy atom. The second-order valence-electron chi connectivity index (χ2n) is 4.60. The molecule has 2 rings (SSSR count). The second-order valence-corrected chi connectivity index (χ2v) is 4.60. The molecule has 0 aliphatic rings. The van der Waals surface area contributed by atoms with Gasteiger partial charge in [-0.25, -0.2) is 4.68 Å². The number of primary amides is 1. The van der Waals surface area contributed by atoms with Crippen LogP contribution in [0.3, 0.4) is 0 Å². The second kappa shape index (κ2) is 5.11. The zero-order valence-corrected chi connectivity index (χ0v) is 11.5. The number of hydrogen-bond acceptors (Lipinski definition) is 7. The van der Waals surface area contributed by atoms with Crippen molar-refractivity contribution in [2.24, 2.45) is 5.73 Å². The Hall–Kier alpha value is -2.71. The average Bonchev–Trinajstić information content (AvgIpc) is 2.91. The van der Waals surface area contributed by atoms with E-state index in [1.165, 1.54) is 4.68 Å². The highest BCUT2D eigenvalue weighted by atomic mass is 16.1. The normalized spacial score (nSPS) is 11.2. The van der Waals surface area contributed by atoms with E-state index >= 15 is 0 Å². The molecular weight excluding hydrogens is 260 g/mol. The zero-order chi connectivity index (χ0) is 14.8. The highest BCUT2D eigenvalue weighted by Crippen LogP contribution is 2.13. The van der Waals surface area contributed by atoms with Crippen LogP contribution in [-0.2, 0) is 4.79 Å². The van der Waals surface area contributed by atoms with Gasteiger partial charge in [0.05, 0.1) is 0 Å². The number of carbonyl (C=O) groups excluding carboxylic acids is 1. The summed E-state index contributed by atoms with van der Waals surface area (Å²) < 4.78 is 1.49. The summed E-state index contributed by atoms with van der Waals surface area (Å²) in [6.07, 6.45) is 3.32. The molecule has 1 amide bonds. The van der Waals surface area contributed by atoms with Gasteiger partial charge in [-0.15, -0.1) is 0 Å². The van der Waals surface area contributed by atoms with Gasteiger partial charge in [0.2, 0.25) is 17.8 Å². The van der Waals surface area contributed by atoms with Gasteiger partial charge >= 0.3 is 0 Å². The molecule has 0 saturated heterocycles. The Morgan fingerprint density at radius 2 is 2.00 bits per heavy atom. The van der Waals surface area contributed by atoms with Crippen LogP contribution in [0.5, 0.6) is 0 Å². The highest BCUT2D eigenvalue weighted by Gasteiger charge is 2.26. The summed E-state index contributed by atoms with van der Waals surface area (Å²) in [5.41, 5.74) is 4.34. The molecule has 9 nitrogen and oxygen atoms in total. The smallest absolute Gasteiger partial charge is 0.257 e. The number of nitrogens with two attached hydrogens (primary N) is 1. The molecule has 0 aliphatic heterocycles. The third-order valence-corrected chi connectivity index (χ3v) is 2.60. The maximum Gasteiger partial charge on any atom is 0.257 e. The van der Waals surface area contributed by atoms with Gasteiger partial charge in [0, 0.05) is 19.4 Å². The van der Waals surface area contributed by atoms with Gasteiger partial charge in [0.15, 0.2) is 0 Å². The summed E-state index contributed by atoms with van der Waals surface area (Å²) in [6.45, 7) is 3.29. The molecule has 0 radical (unpaired) electrons. The van der Waals surface area contributed by atoms with Crippen LogP contribution < -0.4 is 16.4 Å². The van der Waals surface area contributed by atoms with Crippen LogP contribution in [0.2, 0.25) is 0 Å². The van der Waals surface area contributed by atoms with Crippen LogP contribution in [0.15, 0.2) is 18.5 Å². The highest BCUT2D eigenvalue weighted by molar-refractivity contribution is 5.86. The minimum atomic E-state index is -0.978. The summed E-state index contributed by atoms with van der Waals surface area (Å²) in [5, 5.41) is 9.75. The van der Waals surface area contributed by atoms with E-state index < -0.39 is 11.4 Å². The van der Waals surface area contributed by atoms with Gasteiger partial charge in [-0.3, -0.25) is 4.79 Å². The van der Waals surface area contributed by atoms with Gasteiger partial charge in [-0.1, -0.05) is 0 Å². The number of amides is 1. The minimum absolute atomic E-state index is 0.235. The quantitative estimate of drug-likeness (QED) is 0.689. The number of rotatable bonds is 5. The van der Waals surface area contributed by atoms with E-state index in [0.29, 0.717) is 11.9 Å². The molecule has 106 valence electrons. The molecule has 9 heteroatoms. The summed E-state index contributed by atoms with van der Waals surface area (Å²) in [5.74, 6) is 0.411. The SMILES string of the molecule is CNc1nc(NC(C)(C)C(N)=O)nc(-n2cccn2)n1. The largest absolute Gasteiger partial charge is 0.368 e. The van der Waals surface area contributed by atoms with Crippen molar-refractivity contribution in [3.8, 4) is 5.95 Å². The standard InChI is InChI=1S/C11H16N8O/c1-11(2,7(12)20)18-9-15-8(13-3)16-10(17-9)19-6-4-5-14-19/h4-6H,1-3H3,(H2,12,20)(H2,13,15,16,17,18). The van der Waals surface area contributed by atoms with E-state index in [2.05, 4.69) is 30.7 Å². The van der Waals surface area contributed by atoms with E-state index in [9.17, 15) is 4.79 Å². The van der Waals surface area contributed by atoms with Crippen LogP contribution in [-0.4, -0.2) is 43.2 Å². The van der Waals surface area contributed by atoms with Crippen molar-refractivity contribution in [1.29, 1.82) is 0 Å². The topological polar surface area (TPSA) is 124 Å². The van der Waals surface area contributed by atoms with Crippen molar-refractivity contribution >= 4 is 17.8 Å². The first-order chi connectivity index (χ1) is 9.42. The molecule has 2 aromatic heterocycles. The maximum absolute atomic E-state index is 11.3. The number of hydrogen-bond donors (Lipinski definition) is 3. The van der Waals surface area contributed by atoms with Gasteiger partial charge < -0.3 is 16.4 Å². The molecule has 0 spiro atoms. The van der Waals surface area contributed by atoms with Crippen LogP contribution in [0.4, 0.5) is 11.9 Å². The lowest BCUT2D eigenvalue weighted by Gasteiger charge is -2.22. The fraction of sp³-hybridized carbons (Fsp3) is 0.364. The number of nitrogens with zero attached hydrogens (tertiary/aromatic N) is 5. The Labute approximate surface area is 115 Å². The van der Waals surface area contributed by atoms with E-state index in [1.54, 1.807) is 39.4 Å².